The first kappa shape index (κ1) is 13.3. The highest BCUT2D eigenvalue weighted by atomic mass is 35.5. The van der Waals surface area contributed by atoms with Crippen molar-refractivity contribution in [2.24, 2.45) is 5.92 Å². The molecule has 1 heterocycles. The van der Waals surface area contributed by atoms with Gasteiger partial charge in [-0.05, 0) is 43.7 Å². The predicted octanol–water partition coefficient (Wildman–Crippen LogP) is 1.53. The predicted molar refractivity (Wildman–Crippen MR) is 70.8 cm³/mol. The number of anilines is 2. The van der Waals surface area contributed by atoms with Crippen LogP contribution < -0.4 is 10.6 Å². The van der Waals surface area contributed by atoms with Crippen molar-refractivity contribution in [3.05, 3.63) is 5.28 Å². The molecule has 1 aliphatic rings. The second kappa shape index (κ2) is 6.15. The van der Waals surface area contributed by atoms with Gasteiger partial charge in [-0.15, -0.1) is 0 Å². The minimum Gasteiger partial charge on any atom is -0.393 e. The Kier molecular flexibility index (Phi) is 4.54. The number of aliphatic hydroxyl groups is 1. The zero-order chi connectivity index (χ0) is 13.0. The summed E-state index contributed by atoms with van der Waals surface area (Å²) in [6, 6.07) is 0. The van der Waals surface area contributed by atoms with Gasteiger partial charge in [-0.2, -0.15) is 15.0 Å². The van der Waals surface area contributed by atoms with Crippen LogP contribution in [0.1, 0.15) is 26.2 Å². The zero-order valence-electron chi connectivity index (χ0n) is 10.4. The van der Waals surface area contributed by atoms with E-state index in [4.69, 9.17) is 11.6 Å². The summed E-state index contributed by atoms with van der Waals surface area (Å²) in [4.78, 5) is 12.2. The molecule has 1 saturated carbocycles. The van der Waals surface area contributed by atoms with Crippen molar-refractivity contribution in [2.45, 2.75) is 32.3 Å². The van der Waals surface area contributed by atoms with E-state index in [9.17, 15) is 5.11 Å². The second-order valence-corrected chi connectivity index (χ2v) is 4.83. The van der Waals surface area contributed by atoms with Gasteiger partial charge < -0.3 is 15.7 Å². The van der Waals surface area contributed by atoms with Gasteiger partial charge in [-0.1, -0.05) is 0 Å². The van der Waals surface area contributed by atoms with Gasteiger partial charge in [0.25, 0.3) is 0 Å². The molecule has 18 heavy (non-hydrogen) atoms. The van der Waals surface area contributed by atoms with Crippen LogP contribution in [-0.2, 0) is 0 Å². The number of nitrogens with zero attached hydrogens (tertiary/aromatic N) is 3. The average molecular weight is 272 g/mol. The third-order valence-corrected chi connectivity index (χ3v) is 3.17. The number of aliphatic hydroxyl groups excluding tert-OH is 1. The lowest BCUT2D eigenvalue weighted by molar-refractivity contribution is 0.178. The van der Waals surface area contributed by atoms with Gasteiger partial charge in [0.1, 0.15) is 0 Å². The molecule has 0 aliphatic heterocycles. The van der Waals surface area contributed by atoms with E-state index in [0.29, 0.717) is 17.8 Å². The highest BCUT2D eigenvalue weighted by Gasteiger charge is 2.22. The van der Waals surface area contributed by atoms with E-state index in [-0.39, 0.29) is 11.4 Å². The van der Waals surface area contributed by atoms with Gasteiger partial charge in [0.15, 0.2) is 0 Å². The largest absolute Gasteiger partial charge is 0.393 e. The van der Waals surface area contributed by atoms with E-state index in [1.807, 2.05) is 6.92 Å². The van der Waals surface area contributed by atoms with Gasteiger partial charge in [0.05, 0.1) is 6.10 Å². The summed E-state index contributed by atoms with van der Waals surface area (Å²) < 4.78 is 0. The first-order chi connectivity index (χ1) is 8.67. The molecule has 0 bridgehead atoms. The molecule has 7 heteroatoms. The Hall–Kier alpha value is -1.14. The van der Waals surface area contributed by atoms with Crippen molar-refractivity contribution in [1.82, 2.24) is 15.0 Å². The van der Waals surface area contributed by atoms with Crippen LogP contribution in [0, 0.1) is 5.92 Å². The van der Waals surface area contributed by atoms with E-state index in [1.54, 1.807) is 0 Å². The summed E-state index contributed by atoms with van der Waals surface area (Å²) in [5, 5.41) is 15.8. The molecule has 6 nitrogen and oxygen atoms in total. The number of halogens is 1. The fraction of sp³-hybridized carbons (Fsp3) is 0.727. The van der Waals surface area contributed by atoms with Gasteiger partial charge in [0, 0.05) is 13.1 Å². The van der Waals surface area contributed by atoms with E-state index in [0.717, 1.165) is 32.4 Å². The number of nitrogens with one attached hydrogen (secondary N) is 2. The molecule has 0 aromatic carbocycles. The van der Waals surface area contributed by atoms with Gasteiger partial charge in [-0.3, -0.25) is 0 Å². The lowest BCUT2D eigenvalue weighted by Gasteiger charge is -2.11. The molecular weight excluding hydrogens is 254 g/mol. The maximum Gasteiger partial charge on any atom is 0.228 e. The van der Waals surface area contributed by atoms with Crippen LogP contribution in [0.25, 0.3) is 0 Å². The number of rotatable bonds is 5. The molecule has 1 fully saturated rings. The molecule has 2 atom stereocenters. The van der Waals surface area contributed by atoms with Crippen LogP contribution in [0.4, 0.5) is 11.9 Å². The number of aromatic nitrogens is 3. The van der Waals surface area contributed by atoms with Crippen LogP contribution in [-0.4, -0.2) is 39.3 Å². The molecule has 0 radical (unpaired) electrons. The summed E-state index contributed by atoms with van der Waals surface area (Å²) in [5.74, 6) is 1.43. The third-order valence-electron chi connectivity index (χ3n) is 3.01. The first-order valence-corrected chi connectivity index (χ1v) is 6.62. The first-order valence-electron chi connectivity index (χ1n) is 6.24. The summed E-state index contributed by atoms with van der Waals surface area (Å²) >= 11 is 5.82. The Balaban J connectivity index is 1.92. The number of hydrogen-bond acceptors (Lipinski definition) is 6. The van der Waals surface area contributed by atoms with Crippen LogP contribution in [0.5, 0.6) is 0 Å². The Morgan fingerprint density at radius 1 is 1.22 bits per heavy atom. The fourth-order valence-electron chi connectivity index (χ4n) is 2.14. The Labute approximate surface area is 111 Å². The highest BCUT2D eigenvalue weighted by Crippen LogP contribution is 2.25. The van der Waals surface area contributed by atoms with Gasteiger partial charge in [0.2, 0.25) is 17.2 Å². The smallest absolute Gasteiger partial charge is 0.228 e. The maximum absolute atomic E-state index is 9.45. The Morgan fingerprint density at radius 2 is 1.94 bits per heavy atom. The molecule has 2 unspecified atom stereocenters. The van der Waals surface area contributed by atoms with Crippen LogP contribution in [0.15, 0.2) is 0 Å². The molecule has 0 amide bonds. The second-order valence-electron chi connectivity index (χ2n) is 4.50. The third kappa shape index (κ3) is 3.68. The topological polar surface area (TPSA) is 83.0 Å². The Bertz CT molecular complexity index is 403. The molecule has 0 spiro atoms. The van der Waals surface area contributed by atoms with Crippen molar-refractivity contribution in [3.8, 4) is 0 Å². The van der Waals surface area contributed by atoms with Gasteiger partial charge >= 0.3 is 0 Å². The highest BCUT2D eigenvalue weighted by molar-refractivity contribution is 6.28. The molecule has 100 valence electrons. The normalized spacial score (nSPS) is 23.1. The van der Waals surface area contributed by atoms with Gasteiger partial charge in [-0.25, -0.2) is 0 Å². The Morgan fingerprint density at radius 3 is 2.56 bits per heavy atom. The molecule has 0 saturated heterocycles. The van der Waals surface area contributed by atoms with Crippen molar-refractivity contribution in [3.63, 3.8) is 0 Å². The lowest BCUT2D eigenvalue weighted by atomic mass is 10.1. The van der Waals surface area contributed by atoms with E-state index >= 15 is 0 Å². The molecule has 2 rings (SSSR count). The van der Waals surface area contributed by atoms with E-state index in [2.05, 4.69) is 25.6 Å². The lowest BCUT2D eigenvalue weighted by Crippen LogP contribution is -2.15. The van der Waals surface area contributed by atoms with Crippen molar-refractivity contribution in [2.75, 3.05) is 23.7 Å². The van der Waals surface area contributed by atoms with E-state index in [1.165, 1.54) is 0 Å². The molecule has 1 aromatic rings. The monoisotopic (exact) mass is 271 g/mol. The molecule has 1 aliphatic carbocycles. The molecule has 3 N–H and O–H groups in total. The zero-order valence-corrected chi connectivity index (χ0v) is 11.1. The van der Waals surface area contributed by atoms with Crippen molar-refractivity contribution < 1.29 is 5.11 Å². The van der Waals surface area contributed by atoms with Crippen molar-refractivity contribution >= 4 is 23.5 Å². The number of hydrogen-bond donors (Lipinski definition) is 3. The average Bonchev–Trinajstić information content (AvgIpc) is 2.72. The van der Waals surface area contributed by atoms with Crippen LogP contribution in [0.2, 0.25) is 5.28 Å². The molecule has 1 aromatic heterocycles. The molecular formula is C11H18ClN5O. The van der Waals surface area contributed by atoms with Crippen LogP contribution in [0.3, 0.4) is 0 Å². The SMILES string of the molecule is CCNc1nc(Cl)nc(NCC2CCC(O)C2)n1. The summed E-state index contributed by atoms with van der Waals surface area (Å²) in [5.41, 5.74) is 0. The minimum atomic E-state index is -0.156. The summed E-state index contributed by atoms with van der Waals surface area (Å²) in [7, 11) is 0. The quantitative estimate of drug-likeness (QED) is 0.753. The van der Waals surface area contributed by atoms with Crippen LogP contribution >= 0.6 is 11.6 Å². The summed E-state index contributed by atoms with van der Waals surface area (Å²) in [6.07, 6.45) is 2.60. The van der Waals surface area contributed by atoms with E-state index < -0.39 is 0 Å². The fourth-order valence-corrected chi connectivity index (χ4v) is 2.30. The van der Waals surface area contributed by atoms with Crippen molar-refractivity contribution in [1.29, 1.82) is 0 Å². The standard InChI is InChI=1S/C11H18ClN5O/c1-2-13-10-15-9(12)16-11(17-10)14-6-7-3-4-8(18)5-7/h7-8,18H,2-6H2,1H3,(H2,13,14,15,16,17). The summed E-state index contributed by atoms with van der Waals surface area (Å²) in [6.45, 7) is 3.45. The minimum absolute atomic E-state index is 0.156. The maximum atomic E-state index is 9.45.